The van der Waals surface area contributed by atoms with Crippen LogP contribution in [-0.2, 0) is 10.0 Å². The molecule has 2 unspecified atom stereocenters. The van der Waals surface area contributed by atoms with Crippen molar-refractivity contribution in [1.29, 1.82) is 0 Å². The van der Waals surface area contributed by atoms with Gasteiger partial charge in [-0.3, -0.25) is 0 Å². The normalized spacial score (nSPS) is 27.9. The monoisotopic (exact) mass is 324 g/mol. The highest BCUT2D eigenvalue weighted by molar-refractivity contribution is 7.89. The van der Waals surface area contributed by atoms with Gasteiger partial charge >= 0.3 is 0 Å². The van der Waals surface area contributed by atoms with Crippen LogP contribution in [0.3, 0.4) is 0 Å². The van der Waals surface area contributed by atoms with Crippen LogP contribution in [0.15, 0.2) is 17.0 Å². The maximum Gasteiger partial charge on any atom is 0.244 e. The lowest BCUT2D eigenvalue weighted by Gasteiger charge is -2.29. The second-order valence-corrected chi connectivity index (χ2v) is 8.22. The number of benzene rings is 1. The molecule has 2 heterocycles. The summed E-state index contributed by atoms with van der Waals surface area (Å²) in [5.41, 5.74) is 1.76. The van der Waals surface area contributed by atoms with Gasteiger partial charge in [0.2, 0.25) is 10.0 Å². The number of aryl methyl sites for hydroxylation is 2. The molecule has 2 aliphatic heterocycles. The predicted molar refractivity (Wildman–Crippen MR) is 85.8 cm³/mol. The van der Waals surface area contributed by atoms with E-state index in [9.17, 15) is 8.42 Å². The lowest BCUT2D eigenvalue weighted by Crippen LogP contribution is -2.47. The number of nitrogens with one attached hydrogen (secondary N) is 2. The average Bonchev–Trinajstić information content (AvgIpc) is 2.77. The van der Waals surface area contributed by atoms with E-state index in [4.69, 9.17) is 4.74 Å². The molecule has 0 amide bonds. The molecule has 2 aliphatic rings. The van der Waals surface area contributed by atoms with E-state index in [0.717, 1.165) is 36.8 Å². The molecular weight excluding hydrogens is 300 g/mol. The van der Waals surface area contributed by atoms with E-state index in [2.05, 4.69) is 10.0 Å². The summed E-state index contributed by atoms with van der Waals surface area (Å²) in [6.45, 7) is 3.77. The topological polar surface area (TPSA) is 67.4 Å². The average molecular weight is 324 g/mol. The van der Waals surface area contributed by atoms with Crippen LogP contribution in [0.1, 0.15) is 36.8 Å². The van der Waals surface area contributed by atoms with Crippen molar-refractivity contribution in [3.8, 4) is 5.75 Å². The predicted octanol–water partition coefficient (Wildman–Crippen LogP) is 1.87. The maximum atomic E-state index is 12.8. The van der Waals surface area contributed by atoms with Crippen molar-refractivity contribution >= 4 is 10.0 Å². The van der Waals surface area contributed by atoms with Gasteiger partial charge in [0, 0.05) is 18.1 Å². The Morgan fingerprint density at radius 2 is 1.82 bits per heavy atom. The fourth-order valence-electron chi connectivity index (χ4n) is 3.81. The molecule has 2 bridgehead atoms. The molecule has 3 rings (SSSR count). The van der Waals surface area contributed by atoms with Crippen LogP contribution in [0.5, 0.6) is 5.75 Å². The summed E-state index contributed by atoms with van der Waals surface area (Å²) in [4.78, 5) is 0.248. The number of methoxy groups -OCH3 is 1. The van der Waals surface area contributed by atoms with Crippen molar-refractivity contribution in [1.82, 2.24) is 10.0 Å². The molecule has 122 valence electrons. The van der Waals surface area contributed by atoms with Gasteiger partial charge in [-0.15, -0.1) is 0 Å². The highest BCUT2D eigenvalue weighted by atomic mass is 32.2. The van der Waals surface area contributed by atoms with Crippen LogP contribution in [-0.4, -0.2) is 33.7 Å². The van der Waals surface area contributed by atoms with Gasteiger partial charge in [0.05, 0.1) is 7.11 Å². The van der Waals surface area contributed by atoms with Crippen LogP contribution in [0.2, 0.25) is 0 Å². The van der Waals surface area contributed by atoms with Crippen molar-refractivity contribution in [3.63, 3.8) is 0 Å². The van der Waals surface area contributed by atoms with Gasteiger partial charge in [-0.2, -0.15) is 0 Å². The van der Waals surface area contributed by atoms with Crippen LogP contribution < -0.4 is 14.8 Å². The highest BCUT2D eigenvalue weighted by Gasteiger charge is 2.36. The number of fused-ring (bicyclic) bond motifs is 2. The Balaban J connectivity index is 1.87. The van der Waals surface area contributed by atoms with Crippen LogP contribution in [0, 0.1) is 13.8 Å². The summed E-state index contributed by atoms with van der Waals surface area (Å²) in [7, 11) is -2.05. The largest absolute Gasteiger partial charge is 0.495 e. The van der Waals surface area contributed by atoms with Gasteiger partial charge in [-0.05, 0) is 56.7 Å². The van der Waals surface area contributed by atoms with Gasteiger partial charge in [0.25, 0.3) is 0 Å². The van der Waals surface area contributed by atoms with E-state index >= 15 is 0 Å². The summed E-state index contributed by atoms with van der Waals surface area (Å²) in [5, 5.41) is 3.53. The second kappa shape index (κ2) is 5.83. The Morgan fingerprint density at radius 3 is 2.41 bits per heavy atom. The molecule has 0 spiro atoms. The van der Waals surface area contributed by atoms with E-state index in [0.29, 0.717) is 17.8 Å². The summed E-state index contributed by atoms with van der Waals surface area (Å²) in [6.07, 6.45) is 4.03. The third kappa shape index (κ3) is 3.00. The van der Waals surface area contributed by atoms with E-state index in [-0.39, 0.29) is 10.9 Å². The molecule has 2 atom stereocenters. The zero-order valence-corrected chi connectivity index (χ0v) is 14.2. The fourth-order valence-corrected chi connectivity index (χ4v) is 5.40. The van der Waals surface area contributed by atoms with E-state index in [1.807, 2.05) is 19.9 Å². The van der Waals surface area contributed by atoms with Crippen molar-refractivity contribution in [2.75, 3.05) is 7.11 Å². The lowest BCUT2D eigenvalue weighted by atomic mass is 10.0. The molecular formula is C16H24N2O3S. The SMILES string of the molecule is COc1c(C)cc(C)cc1S(=O)(=O)NC1CC2CCC(C1)N2. The Labute approximate surface area is 132 Å². The molecule has 2 saturated heterocycles. The van der Waals surface area contributed by atoms with Crippen molar-refractivity contribution < 1.29 is 13.2 Å². The van der Waals surface area contributed by atoms with E-state index in [1.165, 1.54) is 7.11 Å². The number of sulfonamides is 1. The summed E-state index contributed by atoms with van der Waals surface area (Å²) < 4.78 is 33.8. The Hall–Kier alpha value is -1.11. The molecule has 0 radical (unpaired) electrons. The van der Waals surface area contributed by atoms with Crippen LogP contribution >= 0.6 is 0 Å². The molecule has 6 heteroatoms. The van der Waals surface area contributed by atoms with Gasteiger partial charge in [-0.1, -0.05) is 6.07 Å². The highest BCUT2D eigenvalue weighted by Crippen LogP contribution is 2.31. The Morgan fingerprint density at radius 1 is 1.18 bits per heavy atom. The molecule has 0 aromatic heterocycles. The molecule has 0 saturated carbocycles. The third-order valence-corrected chi connectivity index (χ3v) is 6.20. The quantitative estimate of drug-likeness (QED) is 0.887. The molecule has 1 aromatic rings. The summed E-state index contributed by atoms with van der Waals surface area (Å²) in [5.74, 6) is 0.440. The van der Waals surface area contributed by atoms with Crippen molar-refractivity contribution in [3.05, 3.63) is 23.3 Å². The Kier molecular flexibility index (Phi) is 4.18. The van der Waals surface area contributed by atoms with Gasteiger partial charge < -0.3 is 10.1 Å². The van der Waals surface area contributed by atoms with Gasteiger partial charge in [0.1, 0.15) is 10.6 Å². The molecule has 5 nitrogen and oxygen atoms in total. The first-order valence-corrected chi connectivity index (χ1v) is 9.31. The number of piperidine rings is 1. The zero-order valence-electron chi connectivity index (χ0n) is 13.3. The molecule has 1 aromatic carbocycles. The first-order valence-electron chi connectivity index (χ1n) is 7.82. The van der Waals surface area contributed by atoms with Crippen LogP contribution in [0.4, 0.5) is 0 Å². The summed E-state index contributed by atoms with van der Waals surface area (Å²) >= 11 is 0. The smallest absolute Gasteiger partial charge is 0.244 e. The van der Waals surface area contributed by atoms with E-state index < -0.39 is 10.0 Å². The standard InChI is InChI=1S/C16H24N2O3S/c1-10-6-11(2)16(21-3)15(7-10)22(19,20)18-14-8-12-4-5-13(9-14)17-12/h6-7,12-14,17-18H,4-5,8-9H2,1-3H3. The zero-order chi connectivity index (χ0) is 15.9. The Bertz CT molecular complexity index is 660. The number of ether oxygens (including phenoxy) is 1. The fraction of sp³-hybridized carbons (Fsp3) is 0.625. The number of rotatable bonds is 4. The minimum Gasteiger partial charge on any atom is -0.495 e. The number of hydrogen-bond acceptors (Lipinski definition) is 4. The van der Waals surface area contributed by atoms with E-state index in [1.54, 1.807) is 6.07 Å². The van der Waals surface area contributed by atoms with Gasteiger partial charge in [0.15, 0.2) is 0 Å². The first-order chi connectivity index (χ1) is 10.4. The van der Waals surface area contributed by atoms with Gasteiger partial charge in [-0.25, -0.2) is 13.1 Å². The van der Waals surface area contributed by atoms with Crippen molar-refractivity contribution in [2.24, 2.45) is 0 Å². The maximum absolute atomic E-state index is 12.8. The number of hydrogen-bond donors (Lipinski definition) is 2. The minimum atomic E-state index is -3.57. The molecule has 0 aliphatic carbocycles. The van der Waals surface area contributed by atoms with Crippen molar-refractivity contribution in [2.45, 2.75) is 62.6 Å². The molecule has 22 heavy (non-hydrogen) atoms. The first kappa shape index (κ1) is 15.8. The molecule has 2 N–H and O–H groups in total. The molecule has 2 fully saturated rings. The van der Waals surface area contributed by atoms with Crippen LogP contribution in [0.25, 0.3) is 0 Å². The second-order valence-electron chi connectivity index (χ2n) is 6.54. The summed E-state index contributed by atoms with van der Waals surface area (Å²) in [6, 6.07) is 4.53. The lowest BCUT2D eigenvalue weighted by molar-refractivity contribution is 0.344. The third-order valence-electron chi connectivity index (χ3n) is 4.67. The minimum absolute atomic E-state index is 0.00859.